The van der Waals surface area contributed by atoms with Crippen molar-refractivity contribution in [3.63, 3.8) is 0 Å². The molecule has 0 fully saturated rings. The van der Waals surface area contributed by atoms with Gasteiger partial charge in [0.1, 0.15) is 6.04 Å². The molecule has 5 N–H and O–H groups in total. The smallest absolute Gasteiger partial charge is 0.321 e. The number of aliphatic carboxylic acids is 1. The highest BCUT2D eigenvalue weighted by atomic mass is 35.5. The molecule has 128 valence electrons. The van der Waals surface area contributed by atoms with Crippen molar-refractivity contribution in [3.05, 3.63) is 29.3 Å². The molecule has 1 amide bonds. The SMILES string of the molecule is NCCCCCCNC(CC(=O)Nc1ccccc1Cl)C(=O)O. The fraction of sp³-hybridized carbons (Fsp3) is 0.500. The maximum absolute atomic E-state index is 12.0. The summed E-state index contributed by atoms with van der Waals surface area (Å²) < 4.78 is 0. The Morgan fingerprint density at radius 3 is 2.52 bits per heavy atom. The number of nitrogens with two attached hydrogens (primary N) is 1. The number of benzene rings is 1. The summed E-state index contributed by atoms with van der Waals surface area (Å²) in [6.45, 7) is 1.23. The van der Waals surface area contributed by atoms with Crippen molar-refractivity contribution < 1.29 is 14.7 Å². The molecule has 1 unspecified atom stereocenters. The number of unbranched alkanes of at least 4 members (excludes halogenated alkanes) is 3. The lowest BCUT2D eigenvalue weighted by atomic mass is 10.1. The van der Waals surface area contributed by atoms with Gasteiger partial charge in [0.15, 0.2) is 0 Å². The molecule has 6 nitrogen and oxygen atoms in total. The number of carbonyl (C=O) groups is 2. The van der Waals surface area contributed by atoms with Gasteiger partial charge in [-0.1, -0.05) is 36.6 Å². The highest BCUT2D eigenvalue weighted by Crippen LogP contribution is 2.20. The second kappa shape index (κ2) is 11.0. The molecule has 1 aromatic carbocycles. The van der Waals surface area contributed by atoms with Gasteiger partial charge in [-0.2, -0.15) is 0 Å². The summed E-state index contributed by atoms with van der Waals surface area (Å²) in [5.41, 5.74) is 5.89. The number of halogens is 1. The Balaban J connectivity index is 2.38. The van der Waals surface area contributed by atoms with Crippen LogP contribution >= 0.6 is 11.6 Å². The standard InChI is InChI=1S/C16H24ClN3O3/c17-12-7-3-4-8-13(12)20-15(21)11-14(16(22)23)19-10-6-2-1-5-9-18/h3-4,7-8,14,19H,1-2,5-6,9-11,18H2,(H,20,21)(H,22,23). The molecule has 0 aliphatic carbocycles. The molecule has 1 aromatic rings. The Kier molecular flexibility index (Phi) is 9.28. The molecule has 0 aromatic heterocycles. The lowest BCUT2D eigenvalue weighted by Crippen LogP contribution is -2.40. The van der Waals surface area contributed by atoms with E-state index in [1.54, 1.807) is 24.3 Å². The minimum atomic E-state index is -1.04. The largest absolute Gasteiger partial charge is 0.480 e. The Hall–Kier alpha value is -1.63. The van der Waals surface area contributed by atoms with Crippen molar-refractivity contribution in [1.29, 1.82) is 0 Å². The third-order valence-corrected chi connectivity index (χ3v) is 3.69. The number of nitrogens with one attached hydrogen (secondary N) is 2. The van der Waals surface area contributed by atoms with E-state index in [1.165, 1.54) is 0 Å². The molecule has 1 rings (SSSR count). The molecule has 0 heterocycles. The Morgan fingerprint density at radius 2 is 1.87 bits per heavy atom. The number of carboxylic acids is 1. The van der Waals surface area contributed by atoms with Crippen molar-refractivity contribution in [1.82, 2.24) is 5.32 Å². The van der Waals surface area contributed by atoms with Crippen LogP contribution in [0.2, 0.25) is 5.02 Å². The molecule has 23 heavy (non-hydrogen) atoms. The summed E-state index contributed by atoms with van der Waals surface area (Å²) in [5.74, 6) is -1.43. The number of amides is 1. The van der Waals surface area contributed by atoms with E-state index in [0.29, 0.717) is 23.8 Å². The van der Waals surface area contributed by atoms with Crippen LogP contribution < -0.4 is 16.4 Å². The molecule has 0 radical (unpaired) electrons. The van der Waals surface area contributed by atoms with Crippen molar-refractivity contribution >= 4 is 29.2 Å². The van der Waals surface area contributed by atoms with Gasteiger partial charge in [-0.15, -0.1) is 0 Å². The van der Waals surface area contributed by atoms with Gasteiger partial charge in [0.2, 0.25) is 5.91 Å². The molecule has 1 atom stereocenters. The predicted octanol–water partition coefficient (Wildman–Crippen LogP) is 2.23. The monoisotopic (exact) mass is 341 g/mol. The molecular weight excluding hydrogens is 318 g/mol. The van der Waals surface area contributed by atoms with Crippen LogP contribution in [0.3, 0.4) is 0 Å². The van der Waals surface area contributed by atoms with Crippen LogP contribution in [0.15, 0.2) is 24.3 Å². The summed E-state index contributed by atoms with van der Waals surface area (Å²) in [6.07, 6.45) is 3.70. The molecular formula is C16H24ClN3O3. The van der Waals surface area contributed by atoms with Crippen LogP contribution in [0.1, 0.15) is 32.1 Å². The third-order valence-electron chi connectivity index (χ3n) is 3.36. The van der Waals surface area contributed by atoms with Crippen LogP contribution in [0, 0.1) is 0 Å². The average molecular weight is 342 g/mol. The zero-order chi connectivity index (χ0) is 17.1. The van der Waals surface area contributed by atoms with Gasteiger partial charge in [-0.3, -0.25) is 9.59 Å². The van der Waals surface area contributed by atoms with Crippen LogP contribution in [0.4, 0.5) is 5.69 Å². The number of carboxylic acid groups (broad SMARTS) is 1. The van der Waals surface area contributed by atoms with Gasteiger partial charge >= 0.3 is 5.97 Å². The summed E-state index contributed by atoms with van der Waals surface area (Å²) in [5, 5.41) is 15.1. The second-order valence-electron chi connectivity index (χ2n) is 5.28. The molecule has 0 spiro atoms. The first-order valence-electron chi connectivity index (χ1n) is 7.75. The zero-order valence-corrected chi connectivity index (χ0v) is 13.8. The van der Waals surface area contributed by atoms with Gasteiger partial charge in [0, 0.05) is 0 Å². The molecule has 7 heteroatoms. The zero-order valence-electron chi connectivity index (χ0n) is 13.1. The van der Waals surface area contributed by atoms with Crippen molar-refractivity contribution in [3.8, 4) is 0 Å². The average Bonchev–Trinajstić information content (AvgIpc) is 2.51. The quantitative estimate of drug-likeness (QED) is 0.462. The Morgan fingerprint density at radius 1 is 1.17 bits per heavy atom. The van der Waals surface area contributed by atoms with Gasteiger partial charge in [-0.25, -0.2) is 0 Å². The van der Waals surface area contributed by atoms with Gasteiger partial charge in [-0.05, 0) is 38.1 Å². The molecule has 0 aliphatic heterocycles. The lowest BCUT2D eigenvalue weighted by molar-refractivity contribution is -0.141. The van der Waals surface area contributed by atoms with Gasteiger partial charge < -0.3 is 21.5 Å². The maximum atomic E-state index is 12.0. The van der Waals surface area contributed by atoms with Crippen molar-refractivity contribution in [2.24, 2.45) is 5.73 Å². The highest BCUT2D eigenvalue weighted by Gasteiger charge is 2.20. The Labute approximate surface area is 141 Å². The summed E-state index contributed by atoms with van der Waals surface area (Å²) >= 11 is 5.96. The van der Waals surface area contributed by atoms with Crippen molar-refractivity contribution in [2.45, 2.75) is 38.1 Å². The van der Waals surface area contributed by atoms with E-state index in [9.17, 15) is 14.7 Å². The fourth-order valence-corrected chi connectivity index (χ4v) is 2.28. The molecule has 0 saturated carbocycles. The van der Waals surface area contributed by atoms with E-state index < -0.39 is 12.0 Å². The number of anilines is 1. The van der Waals surface area contributed by atoms with E-state index >= 15 is 0 Å². The number of hydrogen-bond donors (Lipinski definition) is 4. The summed E-state index contributed by atoms with van der Waals surface area (Å²) in [7, 11) is 0. The van der Waals surface area contributed by atoms with Gasteiger partial charge in [0.25, 0.3) is 0 Å². The first kappa shape index (κ1) is 19.4. The predicted molar refractivity (Wildman–Crippen MR) is 91.6 cm³/mol. The number of hydrogen-bond acceptors (Lipinski definition) is 4. The van der Waals surface area contributed by atoms with E-state index in [2.05, 4.69) is 10.6 Å². The van der Waals surface area contributed by atoms with Crippen LogP contribution in [-0.2, 0) is 9.59 Å². The third kappa shape index (κ3) is 7.97. The molecule has 0 bridgehead atoms. The Bertz CT molecular complexity index is 511. The number of carbonyl (C=O) groups excluding carboxylic acids is 1. The topological polar surface area (TPSA) is 104 Å². The van der Waals surface area contributed by atoms with Crippen LogP contribution in [0.5, 0.6) is 0 Å². The van der Waals surface area contributed by atoms with E-state index in [1.807, 2.05) is 0 Å². The first-order chi connectivity index (χ1) is 11.0. The van der Waals surface area contributed by atoms with Gasteiger partial charge in [0.05, 0.1) is 17.1 Å². The van der Waals surface area contributed by atoms with Crippen LogP contribution in [-0.4, -0.2) is 36.1 Å². The highest BCUT2D eigenvalue weighted by molar-refractivity contribution is 6.33. The first-order valence-corrected chi connectivity index (χ1v) is 8.13. The van der Waals surface area contributed by atoms with Crippen LogP contribution in [0.25, 0.3) is 0 Å². The minimum Gasteiger partial charge on any atom is -0.480 e. The summed E-state index contributed by atoms with van der Waals surface area (Å²) in [6, 6.07) is 5.92. The normalized spacial score (nSPS) is 11.9. The summed E-state index contributed by atoms with van der Waals surface area (Å²) in [4.78, 5) is 23.2. The fourth-order valence-electron chi connectivity index (χ4n) is 2.10. The maximum Gasteiger partial charge on any atom is 0.321 e. The molecule has 0 saturated heterocycles. The number of para-hydroxylation sites is 1. The van der Waals surface area contributed by atoms with Crippen molar-refractivity contribution in [2.75, 3.05) is 18.4 Å². The molecule has 0 aliphatic rings. The van der Waals surface area contributed by atoms with E-state index in [0.717, 1.165) is 25.7 Å². The lowest BCUT2D eigenvalue weighted by Gasteiger charge is -2.14. The van der Waals surface area contributed by atoms with E-state index in [4.69, 9.17) is 17.3 Å². The second-order valence-corrected chi connectivity index (χ2v) is 5.69. The van der Waals surface area contributed by atoms with E-state index in [-0.39, 0.29) is 12.3 Å². The number of rotatable bonds is 11. The minimum absolute atomic E-state index is 0.149.